The van der Waals surface area contributed by atoms with Crippen molar-refractivity contribution in [3.63, 3.8) is 0 Å². The molecule has 0 saturated carbocycles. The zero-order valence-electron chi connectivity index (χ0n) is 9.26. The van der Waals surface area contributed by atoms with Crippen molar-refractivity contribution >= 4 is 5.65 Å². The number of piperidine rings is 1. The van der Waals surface area contributed by atoms with Gasteiger partial charge in [0.2, 0.25) is 0 Å². The first kappa shape index (κ1) is 9.78. The normalized spacial score (nSPS) is 18.0. The summed E-state index contributed by atoms with van der Waals surface area (Å²) in [6.45, 7) is 2.30. The zero-order chi connectivity index (χ0) is 10.8. The molecule has 4 nitrogen and oxygen atoms in total. The topological polar surface area (TPSA) is 42.2 Å². The summed E-state index contributed by atoms with van der Waals surface area (Å²) in [7, 11) is 0. The van der Waals surface area contributed by atoms with Gasteiger partial charge in [0.25, 0.3) is 0 Å². The first-order chi connectivity index (χ1) is 7.93. The first-order valence-electron chi connectivity index (χ1n) is 5.92. The van der Waals surface area contributed by atoms with Crippen LogP contribution in [0.1, 0.15) is 18.5 Å². The number of nitrogens with one attached hydrogen (secondary N) is 1. The van der Waals surface area contributed by atoms with E-state index in [-0.39, 0.29) is 0 Å². The minimum atomic E-state index is 0.788. The van der Waals surface area contributed by atoms with Gasteiger partial charge < -0.3 is 5.32 Å². The van der Waals surface area contributed by atoms with Crippen LogP contribution >= 0.6 is 0 Å². The molecule has 84 valence electrons. The highest BCUT2D eigenvalue weighted by Gasteiger charge is 2.15. The molecule has 1 N–H and O–H groups in total. The molecule has 3 heterocycles. The average Bonchev–Trinajstić information content (AvgIpc) is 2.80. The van der Waals surface area contributed by atoms with E-state index in [0.29, 0.717) is 0 Å². The van der Waals surface area contributed by atoms with Gasteiger partial charge in [0.1, 0.15) is 6.33 Å². The van der Waals surface area contributed by atoms with Gasteiger partial charge in [0.05, 0.1) is 0 Å². The number of pyridine rings is 1. The highest BCUT2D eigenvalue weighted by Crippen LogP contribution is 2.18. The van der Waals surface area contributed by atoms with Gasteiger partial charge in [0, 0.05) is 5.69 Å². The lowest BCUT2D eigenvalue weighted by Crippen LogP contribution is -2.29. The molecule has 4 heteroatoms. The third kappa shape index (κ3) is 1.80. The Morgan fingerprint density at radius 1 is 1.31 bits per heavy atom. The molecule has 0 atom stereocenters. The van der Waals surface area contributed by atoms with Gasteiger partial charge in [-0.1, -0.05) is 6.07 Å². The first-order valence-corrected chi connectivity index (χ1v) is 5.92. The van der Waals surface area contributed by atoms with E-state index in [1.54, 1.807) is 6.33 Å². The predicted octanol–water partition coefficient (Wildman–Crippen LogP) is 1.27. The van der Waals surface area contributed by atoms with Crippen LogP contribution in [-0.2, 0) is 6.42 Å². The third-order valence-corrected chi connectivity index (χ3v) is 3.34. The summed E-state index contributed by atoms with van der Waals surface area (Å²) in [5, 5.41) is 7.67. The van der Waals surface area contributed by atoms with E-state index in [9.17, 15) is 0 Å². The van der Waals surface area contributed by atoms with Gasteiger partial charge in [0.15, 0.2) is 5.65 Å². The van der Waals surface area contributed by atoms with Crippen molar-refractivity contribution in [2.24, 2.45) is 5.92 Å². The van der Waals surface area contributed by atoms with E-state index in [2.05, 4.69) is 27.5 Å². The maximum Gasteiger partial charge on any atom is 0.155 e. The second kappa shape index (κ2) is 4.22. The van der Waals surface area contributed by atoms with E-state index >= 15 is 0 Å². The Labute approximate surface area is 94.7 Å². The number of fused-ring (bicyclic) bond motifs is 1. The van der Waals surface area contributed by atoms with Crippen LogP contribution in [0.15, 0.2) is 24.5 Å². The predicted molar refractivity (Wildman–Crippen MR) is 62.3 cm³/mol. The van der Waals surface area contributed by atoms with Crippen molar-refractivity contribution in [3.8, 4) is 0 Å². The van der Waals surface area contributed by atoms with E-state index in [1.165, 1.54) is 18.5 Å². The summed E-state index contributed by atoms with van der Waals surface area (Å²) in [5.41, 5.74) is 2.23. The lowest BCUT2D eigenvalue weighted by molar-refractivity contribution is 0.368. The summed E-state index contributed by atoms with van der Waals surface area (Å²) >= 11 is 0. The average molecular weight is 216 g/mol. The van der Waals surface area contributed by atoms with E-state index in [1.807, 2.05) is 10.6 Å². The van der Waals surface area contributed by atoms with Crippen molar-refractivity contribution in [1.82, 2.24) is 19.9 Å². The Hall–Kier alpha value is -1.42. The van der Waals surface area contributed by atoms with Crippen LogP contribution in [-0.4, -0.2) is 27.7 Å². The fraction of sp³-hybridized carbons (Fsp3) is 0.500. The largest absolute Gasteiger partial charge is 0.317 e. The van der Waals surface area contributed by atoms with Gasteiger partial charge in [-0.25, -0.2) is 9.50 Å². The van der Waals surface area contributed by atoms with Crippen LogP contribution in [0.2, 0.25) is 0 Å². The molecule has 0 aliphatic carbocycles. The van der Waals surface area contributed by atoms with Crippen molar-refractivity contribution < 1.29 is 0 Å². The fourth-order valence-corrected chi connectivity index (χ4v) is 2.44. The van der Waals surface area contributed by atoms with Gasteiger partial charge in [-0.15, -0.1) is 0 Å². The highest BCUT2D eigenvalue weighted by molar-refractivity contribution is 5.37. The molecule has 0 spiro atoms. The molecule has 1 saturated heterocycles. The lowest BCUT2D eigenvalue weighted by atomic mass is 9.93. The lowest BCUT2D eigenvalue weighted by Gasteiger charge is -2.22. The zero-order valence-corrected chi connectivity index (χ0v) is 9.26. The molecular formula is C12H16N4. The Kier molecular flexibility index (Phi) is 2.58. The number of nitrogens with zero attached hydrogens (tertiary/aromatic N) is 3. The quantitative estimate of drug-likeness (QED) is 0.822. The smallest absolute Gasteiger partial charge is 0.155 e. The Bertz CT molecular complexity index is 471. The SMILES string of the molecule is c1cc(CC2CCNCC2)n2ncnc2c1. The minimum absolute atomic E-state index is 0.788. The van der Waals surface area contributed by atoms with E-state index < -0.39 is 0 Å². The van der Waals surface area contributed by atoms with Crippen LogP contribution < -0.4 is 5.32 Å². The van der Waals surface area contributed by atoms with Crippen LogP contribution in [0.4, 0.5) is 0 Å². The third-order valence-electron chi connectivity index (χ3n) is 3.34. The summed E-state index contributed by atoms with van der Waals surface area (Å²) in [6.07, 6.45) is 5.28. The molecule has 0 amide bonds. The molecule has 2 aromatic rings. The van der Waals surface area contributed by atoms with Crippen LogP contribution in [0.3, 0.4) is 0 Å². The van der Waals surface area contributed by atoms with Crippen LogP contribution in [0.5, 0.6) is 0 Å². The molecule has 0 aromatic carbocycles. The summed E-state index contributed by atoms with van der Waals surface area (Å²) in [6, 6.07) is 6.23. The monoisotopic (exact) mass is 216 g/mol. The van der Waals surface area contributed by atoms with Gasteiger partial charge >= 0.3 is 0 Å². The molecule has 0 unspecified atom stereocenters. The van der Waals surface area contributed by atoms with Crippen molar-refractivity contribution in [2.45, 2.75) is 19.3 Å². The molecule has 1 aliphatic rings. The van der Waals surface area contributed by atoms with Gasteiger partial charge in [-0.2, -0.15) is 5.10 Å². The maximum atomic E-state index is 4.27. The second-order valence-corrected chi connectivity index (χ2v) is 4.44. The summed E-state index contributed by atoms with van der Waals surface area (Å²) < 4.78 is 1.96. The molecular weight excluding hydrogens is 200 g/mol. The number of hydrogen-bond acceptors (Lipinski definition) is 3. The molecule has 2 aromatic heterocycles. The molecule has 1 fully saturated rings. The van der Waals surface area contributed by atoms with Crippen molar-refractivity contribution in [2.75, 3.05) is 13.1 Å². The van der Waals surface area contributed by atoms with Gasteiger partial charge in [-0.3, -0.25) is 0 Å². The second-order valence-electron chi connectivity index (χ2n) is 4.44. The minimum Gasteiger partial charge on any atom is -0.317 e. The Morgan fingerprint density at radius 3 is 3.06 bits per heavy atom. The molecule has 3 rings (SSSR count). The van der Waals surface area contributed by atoms with E-state index in [0.717, 1.165) is 31.1 Å². The Balaban J connectivity index is 1.85. The molecule has 0 radical (unpaired) electrons. The molecule has 0 bridgehead atoms. The van der Waals surface area contributed by atoms with Crippen LogP contribution in [0, 0.1) is 5.92 Å². The molecule has 16 heavy (non-hydrogen) atoms. The number of aromatic nitrogens is 3. The van der Waals surface area contributed by atoms with Crippen molar-refractivity contribution in [1.29, 1.82) is 0 Å². The Morgan fingerprint density at radius 2 is 2.19 bits per heavy atom. The molecule has 1 aliphatic heterocycles. The fourth-order valence-electron chi connectivity index (χ4n) is 2.44. The summed E-state index contributed by atoms with van der Waals surface area (Å²) in [5.74, 6) is 0.788. The van der Waals surface area contributed by atoms with Crippen LogP contribution in [0.25, 0.3) is 5.65 Å². The van der Waals surface area contributed by atoms with E-state index in [4.69, 9.17) is 0 Å². The number of rotatable bonds is 2. The maximum absolute atomic E-state index is 4.27. The van der Waals surface area contributed by atoms with Gasteiger partial charge in [-0.05, 0) is 50.4 Å². The number of hydrogen-bond donors (Lipinski definition) is 1. The standard InChI is InChI=1S/C12H16N4/c1-2-11(8-10-4-6-13-7-5-10)16-12(3-1)14-9-15-16/h1-3,9-10,13H,4-8H2. The highest BCUT2D eigenvalue weighted by atomic mass is 15.3. The summed E-state index contributed by atoms with van der Waals surface area (Å²) in [4.78, 5) is 4.21. The van der Waals surface area contributed by atoms with Crippen molar-refractivity contribution in [3.05, 3.63) is 30.2 Å².